The van der Waals surface area contributed by atoms with Crippen LogP contribution in [0.2, 0.25) is 0 Å². The number of carbonyl (C=O) groups is 2. The third kappa shape index (κ3) is 4.24. The minimum absolute atomic E-state index is 0.0284. The van der Waals surface area contributed by atoms with Gasteiger partial charge in [-0.3, -0.25) is 14.9 Å². The van der Waals surface area contributed by atoms with Gasteiger partial charge in [0.05, 0.1) is 17.6 Å². The predicted octanol–water partition coefficient (Wildman–Crippen LogP) is 3.59. The summed E-state index contributed by atoms with van der Waals surface area (Å²) in [4.78, 5) is 34.6. The van der Waals surface area contributed by atoms with E-state index in [1.165, 1.54) is 26.2 Å². The smallest absolute Gasteiger partial charge is 0.338 e. The first-order valence-electron chi connectivity index (χ1n) is 8.04. The number of rotatable bonds is 7. The molecule has 0 N–H and O–H groups in total. The van der Waals surface area contributed by atoms with Crippen LogP contribution in [0.5, 0.6) is 5.75 Å². The fourth-order valence-corrected chi connectivity index (χ4v) is 2.39. The summed E-state index contributed by atoms with van der Waals surface area (Å²) in [7, 11) is 1.18. The molecular weight excluding hydrogens is 338 g/mol. The van der Waals surface area contributed by atoms with Crippen LogP contribution in [0, 0.1) is 10.1 Å². The van der Waals surface area contributed by atoms with Crippen LogP contribution >= 0.6 is 0 Å². The van der Waals surface area contributed by atoms with Gasteiger partial charge >= 0.3 is 11.7 Å². The van der Waals surface area contributed by atoms with Crippen LogP contribution < -0.4 is 4.74 Å². The second kappa shape index (κ2) is 8.24. The number of hydrogen-bond acceptors (Lipinski definition) is 6. The zero-order valence-corrected chi connectivity index (χ0v) is 14.7. The normalized spacial score (nSPS) is 11.5. The van der Waals surface area contributed by atoms with Crippen LogP contribution in [-0.2, 0) is 11.2 Å². The van der Waals surface area contributed by atoms with E-state index in [-0.39, 0.29) is 17.1 Å². The number of hydrogen-bond donors (Lipinski definition) is 0. The number of carbonyl (C=O) groups excluding carboxylic acids is 2. The lowest BCUT2D eigenvalue weighted by Gasteiger charge is -2.14. The van der Waals surface area contributed by atoms with Gasteiger partial charge in [-0.2, -0.15) is 0 Å². The summed E-state index contributed by atoms with van der Waals surface area (Å²) in [5, 5.41) is 11.3. The van der Waals surface area contributed by atoms with Gasteiger partial charge in [-0.1, -0.05) is 31.2 Å². The maximum Gasteiger partial charge on any atom is 0.338 e. The van der Waals surface area contributed by atoms with Crippen molar-refractivity contribution in [2.75, 3.05) is 7.11 Å². The zero-order valence-electron chi connectivity index (χ0n) is 14.7. The zero-order chi connectivity index (χ0) is 19.3. The molecule has 2 aromatic rings. The van der Waals surface area contributed by atoms with Crippen LogP contribution in [0.1, 0.15) is 40.1 Å². The maximum atomic E-state index is 12.5. The van der Waals surface area contributed by atoms with E-state index >= 15 is 0 Å². The molecule has 0 aliphatic heterocycles. The van der Waals surface area contributed by atoms with Crippen molar-refractivity contribution >= 4 is 17.4 Å². The molecule has 2 rings (SSSR count). The Morgan fingerprint density at radius 1 is 1.12 bits per heavy atom. The molecule has 0 radical (unpaired) electrons. The minimum atomic E-state index is -0.926. The fraction of sp³-hybridized carbons (Fsp3) is 0.263. The highest BCUT2D eigenvalue weighted by Gasteiger charge is 2.24. The van der Waals surface area contributed by atoms with E-state index in [4.69, 9.17) is 4.74 Å². The Labute approximate surface area is 150 Å². The molecule has 0 aliphatic carbocycles. The first-order chi connectivity index (χ1) is 12.4. The Balaban J connectivity index is 2.24. The Kier molecular flexibility index (Phi) is 6.06. The van der Waals surface area contributed by atoms with E-state index < -0.39 is 22.7 Å². The largest absolute Gasteiger partial charge is 0.475 e. The SMILES string of the molecule is CCc1ccc(C(=O)[C@H](C)Oc2ccc(C(=O)OC)cc2[N+](=O)[O-])cc1. The van der Waals surface area contributed by atoms with Crippen molar-refractivity contribution in [1.82, 2.24) is 0 Å². The molecule has 0 bridgehead atoms. The number of Topliss-reactive ketones (excluding diaryl/α,β-unsaturated/α-hetero) is 1. The number of nitrogens with zero attached hydrogens (tertiary/aromatic N) is 1. The van der Waals surface area contributed by atoms with E-state index in [1.54, 1.807) is 12.1 Å². The highest BCUT2D eigenvalue weighted by Crippen LogP contribution is 2.29. The summed E-state index contributed by atoms with van der Waals surface area (Å²) in [5.41, 5.74) is 1.18. The average Bonchev–Trinajstić information content (AvgIpc) is 2.66. The van der Waals surface area contributed by atoms with Crippen molar-refractivity contribution in [1.29, 1.82) is 0 Å². The lowest BCUT2D eigenvalue weighted by atomic mass is 10.0. The summed E-state index contributed by atoms with van der Waals surface area (Å²) in [6, 6.07) is 10.8. The van der Waals surface area contributed by atoms with E-state index in [0.29, 0.717) is 5.56 Å². The van der Waals surface area contributed by atoms with Crippen LogP contribution in [0.3, 0.4) is 0 Å². The first kappa shape index (κ1) is 19.1. The van der Waals surface area contributed by atoms with Gasteiger partial charge in [-0.25, -0.2) is 4.79 Å². The number of methoxy groups -OCH3 is 1. The number of benzene rings is 2. The molecule has 136 valence electrons. The molecule has 26 heavy (non-hydrogen) atoms. The van der Waals surface area contributed by atoms with E-state index in [9.17, 15) is 19.7 Å². The van der Waals surface area contributed by atoms with Gasteiger partial charge in [-0.15, -0.1) is 0 Å². The highest BCUT2D eigenvalue weighted by atomic mass is 16.6. The molecule has 7 heteroatoms. The number of ether oxygens (including phenoxy) is 2. The van der Waals surface area contributed by atoms with Gasteiger partial charge in [0.2, 0.25) is 5.78 Å². The molecule has 0 aliphatic rings. The number of aryl methyl sites for hydroxylation is 1. The Bertz CT molecular complexity index is 828. The predicted molar refractivity (Wildman–Crippen MR) is 94.7 cm³/mol. The molecule has 0 saturated carbocycles. The van der Waals surface area contributed by atoms with E-state index in [2.05, 4.69) is 4.74 Å². The van der Waals surface area contributed by atoms with E-state index in [1.807, 2.05) is 19.1 Å². The Morgan fingerprint density at radius 2 is 1.73 bits per heavy atom. The molecule has 0 aromatic heterocycles. The average molecular weight is 357 g/mol. The van der Waals surface area contributed by atoms with Crippen molar-refractivity contribution in [2.45, 2.75) is 26.4 Å². The molecule has 1 atom stereocenters. The quantitative estimate of drug-likeness (QED) is 0.325. The van der Waals surface area contributed by atoms with Crippen molar-refractivity contribution in [3.05, 3.63) is 69.3 Å². The summed E-state index contributed by atoms with van der Waals surface area (Å²) in [5.74, 6) is -1.08. The number of ketones is 1. The molecule has 0 saturated heterocycles. The molecule has 0 fully saturated rings. The standard InChI is InChI=1S/C19H19NO6/c1-4-13-5-7-14(8-6-13)18(21)12(2)26-17-10-9-15(19(22)25-3)11-16(17)20(23)24/h5-12H,4H2,1-3H3/t12-/m0/s1. The summed E-state index contributed by atoms with van der Waals surface area (Å²) >= 11 is 0. The second-order valence-electron chi connectivity index (χ2n) is 5.61. The molecule has 0 unspecified atom stereocenters. The molecule has 0 heterocycles. The van der Waals surface area contributed by atoms with Crippen LogP contribution in [0.25, 0.3) is 0 Å². The van der Waals surface area contributed by atoms with Gasteiger partial charge in [0.15, 0.2) is 11.9 Å². The van der Waals surface area contributed by atoms with Gasteiger partial charge < -0.3 is 9.47 Å². The Hall–Kier alpha value is -3.22. The van der Waals surface area contributed by atoms with Gasteiger partial charge in [0, 0.05) is 11.6 Å². The monoisotopic (exact) mass is 357 g/mol. The molecule has 0 amide bonds. The lowest BCUT2D eigenvalue weighted by Crippen LogP contribution is -2.24. The van der Waals surface area contributed by atoms with Crippen LogP contribution in [0.15, 0.2) is 42.5 Å². The number of nitro groups is 1. The second-order valence-corrected chi connectivity index (χ2v) is 5.61. The summed E-state index contributed by atoms with van der Waals surface area (Å²) in [6.45, 7) is 3.54. The topological polar surface area (TPSA) is 95.7 Å². The van der Waals surface area contributed by atoms with Gasteiger partial charge in [0.25, 0.3) is 0 Å². The highest BCUT2D eigenvalue weighted by molar-refractivity contribution is 5.99. The number of nitro benzene ring substituents is 1. The molecule has 7 nitrogen and oxygen atoms in total. The van der Waals surface area contributed by atoms with Crippen molar-refractivity contribution in [3.63, 3.8) is 0 Å². The molecule has 2 aromatic carbocycles. The minimum Gasteiger partial charge on any atom is -0.475 e. The van der Waals surface area contributed by atoms with Crippen molar-refractivity contribution in [3.8, 4) is 5.75 Å². The lowest BCUT2D eigenvalue weighted by molar-refractivity contribution is -0.386. The third-order valence-corrected chi connectivity index (χ3v) is 3.90. The fourth-order valence-electron chi connectivity index (χ4n) is 2.39. The van der Waals surface area contributed by atoms with Crippen molar-refractivity contribution < 1.29 is 24.0 Å². The third-order valence-electron chi connectivity index (χ3n) is 3.90. The van der Waals surface area contributed by atoms with Crippen LogP contribution in [0.4, 0.5) is 5.69 Å². The maximum absolute atomic E-state index is 12.5. The summed E-state index contributed by atoms with van der Waals surface area (Å²) in [6.07, 6.45) is -0.0654. The van der Waals surface area contributed by atoms with Gasteiger partial charge in [0.1, 0.15) is 0 Å². The summed E-state index contributed by atoms with van der Waals surface area (Å²) < 4.78 is 10.1. The van der Waals surface area contributed by atoms with Gasteiger partial charge in [-0.05, 0) is 31.0 Å². The Morgan fingerprint density at radius 3 is 2.27 bits per heavy atom. The first-order valence-corrected chi connectivity index (χ1v) is 8.04. The van der Waals surface area contributed by atoms with Crippen LogP contribution in [-0.4, -0.2) is 29.9 Å². The van der Waals surface area contributed by atoms with Crippen molar-refractivity contribution in [2.24, 2.45) is 0 Å². The molecule has 0 spiro atoms. The number of esters is 1. The van der Waals surface area contributed by atoms with E-state index in [0.717, 1.165) is 18.1 Å². The molecular formula is C19H19NO6.